The molecule has 0 saturated carbocycles. The Morgan fingerprint density at radius 2 is 2.20 bits per heavy atom. The van der Waals surface area contributed by atoms with E-state index in [0.717, 1.165) is 19.5 Å². The highest BCUT2D eigenvalue weighted by atomic mass is 16.2. The number of carbonyl (C=O) groups excluding carboxylic acids is 1. The van der Waals surface area contributed by atoms with Gasteiger partial charge < -0.3 is 0 Å². The van der Waals surface area contributed by atoms with Gasteiger partial charge in [-0.2, -0.15) is 0 Å². The zero-order chi connectivity index (χ0) is 10.7. The van der Waals surface area contributed by atoms with Crippen molar-refractivity contribution in [3.05, 3.63) is 35.9 Å². The summed E-state index contributed by atoms with van der Waals surface area (Å²) in [4.78, 5) is 13.4. The van der Waals surface area contributed by atoms with Crippen LogP contribution in [-0.4, -0.2) is 23.4 Å². The standard InChI is InChI=1S/C11H15N3O/c12-13-11(15)10-6-7-14(10)8-9-4-2-1-3-5-9/h1-5,10H,6-8,12H2,(H,13,15)/t10-/m1/s1. The van der Waals surface area contributed by atoms with Gasteiger partial charge in [0, 0.05) is 13.1 Å². The summed E-state index contributed by atoms with van der Waals surface area (Å²) in [5.74, 6) is 5.03. The van der Waals surface area contributed by atoms with Crippen LogP contribution < -0.4 is 11.3 Å². The fourth-order valence-electron chi connectivity index (χ4n) is 1.84. The van der Waals surface area contributed by atoms with Crippen LogP contribution in [0.25, 0.3) is 0 Å². The van der Waals surface area contributed by atoms with Crippen molar-refractivity contribution in [2.24, 2.45) is 5.84 Å². The SMILES string of the molecule is NNC(=O)[C@H]1CCN1Cc1ccccc1. The van der Waals surface area contributed by atoms with E-state index < -0.39 is 0 Å². The summed E-state index contributed by atoms with van der Waals surface area (Å²) in [6.07, 6.45) is 0.899. The molecule has 1 atom stereocenters. The van der Waals surface area contributed by atoms with E-state index in [1.165, 1.54) is 5.56 Å². The molecule has 2 rings (SSSR count). The molecule has 0 aliphatic carbocycles. The number of likely N-dealkylation sites (tertiary alicyclic amines) is 1. The number of rotatable bonds is 3. The van der Waals surface area contributed by atoms with Gasteiger partial charge in [-0.1, -0.05) is 30.3 Å². The number of hydrazine groups is 1. The Kier molecular flexibility index (Phi) is 2.99. The zero-order valence-electron chi connectivity index (χ0n) is 8.52. The van der Waals surface area contributed by atoms with Gasteiger partial charge in [-0.25, -0.2) is 5.84 Å². The van der Waals surface area contributed by atoms with Crippen LogP contribution in [-0.2, 0) is 11.3 Å². The lowest BCUT2D eigenvalue weighted by Gasteiger charge is -2.39. The van der Waals surface area contributed by atoms with E-state index in [1.807, 2.05) is 18.2 Å². The zero-order valence-corrected chi connectivity index (χ0v) is 8.52. The maximum absolute atomic E-state index is 11.3. The number of nitrogens with zero attached hydrogens (tertiary/aromatic N) is 1. The number of carbonyl (C=O) groups is 1. The molecule has 4 heteroatoms. The Bertz CT molecular complexity index is 339. The molecule has 1 aliphatic heterocycles. The monoisotopic (exact) mass is 205 g/mol. The molecule has 0 bridgehead atoms. The summed E-state index contributed by atoms with van der Waals surface area (Å²) < 4.78 is 0. The van der Waals surface area contributed by atoms with E-state index in [-0.39, 0.29) is 11.9 Å². The smallest absolute Gasteiger partial charge is 0.251 e. The number of hydrogen-bond donors (Lipinski definition) is 2. The van der Waals surface area contributed by atoms with Gasteiger partial charge in [-0.3, -0.25) is 15.1 Å². The lowest BCUT2D eigenvalue weighted by molar-refractivity contribution is -0.131. The quantitative estimate of drug-likeness (QED) is 0.422. The second kappa shape index (κ2) is 4.42. The molecule has 1 aromatic rings. The highest BCUT2D eigenvalue weighted by Gasteiger charge is 2.33. The number of hydrogen-bond acceptors (Lipinski definition) is 3. The molecule has 1 fully saturated rings. The minimum absolute atomic E-state index is 0.0461. The van der Waals surface area contributed by atoms with Gasteiger partial charge >= 0.3 is 0 Å². The maximum Gasteiger partial charge on any atom is 0.251 e. The average Bonchev–Trinajstić information content (AvgIpc) is 2.25. The first-order chi connectivity index (χ1) is 7.31. The topological polar surface area (TPSA) is 58.4 Å². The van der Waals surface area contributed by atoms with Gasteiger partial charge in [0.05, 0.1) is 6.04 Å². The third kappa shape index (κ3) is 2.16. The molecule has 1 aliphatic rings. The molecule has 0 aromatic heterocycles. The van der Waals surface area contributed by atoms with Crippen molar-refractivity contribution in [2.75, 3.05) is 6.54 Å². The average molecular weight is 205 g/mol. The molecule has 80 valence electrons. The molecule has 15 heavy (non-hydrogen) atoms. The molecule has 1 heterocycles. The van der Waals surface area contributed by atoms with E-state index in [2.05, 4.69) is 22.5 Å². The van der Waals surface area contributed by atoms with Gasteiger partial charge in [-0.05, 0) is 12.0 Å². The molecule has 4 nitrogen and oxygen atoms in total. The fraction of sp³-hybridized carbons (Fsp3) is 0.364. The van der Waals surface area contributed by atoms with Crippen molar-refractivity contribution in [3.63, 3.8) is 0 Å². The van der Waals surface area contributed by atoms with Crippen molar-refractivity contribution in [1.29, 1.82) is 0 Å². The summed E-state index contributed by atoms with van der Waals surface area (Å²) in [5, 5.41) is 0. The lowest BCUT2D eigenvalue weighted by Crippen LogP contribution is -2.56. The first-order valence-corrected chi connectivity index (χ1v) is 5.09. The third-order valence-electron chi connectivity index (χ3n) is 2.80. The van der Waals surface area contributed by atoms with Gasteiger partial charge in [0.2, 0.25) is 0 Å². The predicted octanol–water partition coefficient (Wildman–Crippen LogP) is 0.251. The summed E-state index contributed by atoms with van der Waals surface area (Å²) in [5.41, 5.74) is 3.43. The molecular formula is C11H15N3O. The minimum Gasteiger partial charge on any atom is -0.293 e. The second-order valence-corrected chi connectivity index (χ2v) is 3.77. The van der Waals surface area contributed by atoms with Crippen LogP contribution in [0.5, 0.6) is 0 Å². The van der Waals surface area contributed by atoms with Gasteiger partial charge in [-0.15, -0.1) is 0 Å². The summed E-state index contributed by atoms with van der Waals surface area (Å²) in [7, 11) is 0. The Morgan fingerprint density at radius 1 is 1.47 bits per heavy atom. The normalized spacial score (nSPS) is 20.7. The number of nitrogens with one attached hydrogen (secondary N) is 1. The van der Waals surface area contributed by atoms with Crippen LogP contribution in [0.1, 0.15) is 12.0 Å². The molecule has 0 unspecified atom stereocenters. The van der Waals surface area contributed by atoms with E-state index in [0.29, 0.717) is 0 Å². The maximum atomic E-state index is 11.3. The highest BCUT2D eigenvalue weighted by Crippen LogP contribution is 2.20. The van der Waals surface area contributed by atoms with Crippen LogP contribution >= 0.6 is 0 Å². The second-order valence-electron chi connectivity index (χ2n) is 3.77. The van der Waals surface area contributed by atoms with Crippen LogP contribution in [0, 0.1) is 0 Å². The number of nitrogens with two attached hydrogens (primary N) is 1. The van der Waals surface area contributed by atoms with Crippen molar-refractivity contribution in [3.8, 4) is 0 Å². The Labute approximate surface area is 89.0 Å². The van der Waals surface area contributed by atoms with Crippen LogP contribution in [0.3, 0.4) is 0 Å². The van der Waals surface area contributed by atoms with Crippen LogP contribution in [0.4, 0.5) is 0 Å². The van der Waals surface area contributed by atoms with Crippen molar-refractivity contribution < 1.29 is 4.79 Å². The van der Waals surface area contributed by atoms with Crippen molar-refractivity contribution >= 4 is 5.91 Å². The van der Waals surface area contributed by atoms with Gasteiger partial charge in [0.25, 0.3) is 5.91 Å². The number of benzene rings is 1. The van der Waals surface area contributed by atoms with E-state index in [9.17, 15) is 4.79 Å². The van der Waals surface area contributed by atoms with Crippen molar-refractivity contribution in [2.45, 2.75) is 19.0 Å². The molecular weight excluding hydrogens is 190 g/mol. The predicted molar refractivity (Wildman–Crippen MR) is 57.6 cm³/mol. The first-order valence-electron chi connectivity index (χ1n) is 5.09. The highest BCUT2D eigenvalue weighted by molar-refractivity contribution is 5.82. The Balaban J connectivity index is 1.94. The number of amides is 1. The fourth-order valence-corrected chi connectivity index (χ4v) is 1.84. The van der Waals surface area contributed by atoms with E-state index >= 15 is 0 Å². The Morgan fingerprint density at radius 3 is 2.73 bits per heavy atom. The van der Waals surface area contributed by atoms with Gasteiger partial charge in [0.1, 0.15) is 0 Å². The molecule has 0 radical (unpaired) electrons. The minimum atomic E-state index is -0.0859. The van der Waals surface area contributed by atoms with Crippen molar-refractivity contribution in [1.82, 2.24) is 10.3 Å². The molecule has 1 aromatic carbocycles. The van der Waals surface area contributed by atoms with E-state index in [4.69, 9.17) is 5.84 Å². The summed E-state index contributed by atoms with van der Waals surface area (Å²) >= 11 is 0. The van der Waals surface area contributed by atoms with Crippen LogP contribution in [0.15, 0.2) is 30.3 Å². The Hall–Kier alpha value is -1.39. The summed E-state index contributed by atoms with van der Waals surface area (Å²) in [6.45, 7) is 1.78. The largest absolute Gasteiger partial charge is 0.293 e. The lowest BCUT2D eigenvalue weighted by atomic mass is 10.0. The van der Waals surface area contributed by atoms with E-state index in [1.54, 1.807) is 0 Å². The molecule has 3 N–H and O–H groups in total. The first kappa shape index (κ1) is 10.1. The molecule has 1 amide bonds. The van der Waals surface area contributed by atoms with Gasteiger partial charge in [0.15, 0.2) is 0 Å². The third-order valence-corrected chi connectivity index (χ3v) is 2.80. The van der Waals surface area contributed by atoms with Crippen LogP contribution in [0.2, 0.25) is 0 Å². The molecule has 1 saturated heterocycles. The molecule has 0 spiro atoms. The summed E-state index contributed by atoms with van der Waals surface area (Å²) in [6, 6.07) is 10.1.